The van der Waals surface area contributed by atoms with Gasteiger partial charge in [-0.2, -0.15) is 0 Å². The summed E-state index contributed by atoms with van der Waals surface area (Å²) in [6, 6.07) is 9.89. The third-order valence-electron chi connectivity index (χ3n) is 3.16. The van der Waals surface area contributed by atoms with E-state index in [0.29, 0.717) is 6.54 Å². The third-order valence-corrected chi connectivity index (χ3v) is 3.16. The number of rotatable bonds is 8. The number of nitrogens with one attached hydrogen (secondary N) is 1. The van der Waals surface area contributed by atoms with Gasteiger partial charge in [-0.3, -0.25) is 0 Å². The fourth-order valence-electron chi connectivity index (χ4n) is 2.03. The summed E-state index contributed by atoms with van der Waals surface area (Å²) in [6.45, 7) is 6.10. The highest BCUT2D eigenvalue weighted by atomic mass is 16.4. The summed E-state index contributed by atoms with van der Waals surface area (Å²) in [5.74, 6) is 0.906. The van der Waals surface area contributed by atoms with Crippen molar-refractivity contribution in [3.05, 3.63) is 35.9 Å². The predicted molar refractivity (Wildman–Crippen MR) is 79.5 cm³/mol. The van der Waals surface area contributed by atoms with Gasteiger partial charge in [0.2, 0.25) is 0 Å². The van der Waals surface area contributed by atoms with Crippen LogP contribution in [0.3, 0.4) is 0 Å². The van der Waals surface area contributed by atoms with Gasteiger partial charge in [-0.05, 0) is 30.9 Å². The van der Waals surface area contributed by atoms with E-state index in [9.17, 15) is 0 Å². The van der Waals surface area contributed by atoms with Gasteiger partial charge >= 0.3 is 0 Å². The monoisotopic (exact) mass is 263 g/mol. The van der Waals surface area contributed by atoms with Crippen LogP contribution in [0.4, 0.5) is 0 Å². The van der Waals surface area contributed by atoms with Crippen LogP contribution < -0.4 is 11.1 Å². The number of hydrogen-bond donors (Lipinski definition) is 3. The van der Waals surface area contributed by atoms with Gasteiger partial charge in [0.15, 0.2) is 0 Å². The summed E-state index contributed by atoms with van der Waals surface area (Å²) < 4.78 is 0. The quantitative estimate of drug-likeness (QED) is 0.222. The van der Waals surface area contributed by atoms with Crippen molar-refractivity contribution in [3.8, 4) is 0 Å². The van der Waals surface area contributed by atoms with E-state index >= 15 is 0 Å². The van der Waals surface area contributed by atoms with Gasteiger partial charge in [0.05, 0.1) is 5.92 Å². The highest BCUT2D eigenvalue weighted by Gasteiger charge is 2.15. The maximum atomic E-state index is 8.88. The van der Waals surface area contributed by atoms with E-state index in [1.165, 1.54) is 6.42 Å². The molecule has 0 aromatic heterocycles. The average molecular weight is 263 g/mol. The standard InChI is InChI=1S/C15H25N3O/c1-12(2)7-6-10-17-11-14(15(16)18-19)13-8-4-3-5-9-13/h3-5,8-9,12,14,17,19H,6-7,10-11H2,1-2H3,(H2,16,18). The molecule has 0 saturated carbocycles. The van der Waals surface area contributed by atoms with Crippen molar-refractivity contribution in [1.82, 2.24) is 5.32 Å². The molecule has 1 rings (SSSR count). The Morgan fingerprint density at radius 2 is 2.00 bits per heavy atom. The molecule has 0 aliphatic rings. The van der Waals surface area contributed by atoms with Gasteiger partial charge in [-0.25, -0.2) is 0 Å². The van der Waals surface area contributed by atoms with Crippen molar-refractivity contribution in [3.63, 3.8) is 0 Å². The molecule has 4 heteroatoms. The Bertz CT molecular complexity index is 376. The van der Waals surface area contributed by atoms with E-state index in [-0.39, 0.29) is 11.8 Å². The molecule has 4 N–H and O–H groups in total. The summed E-state index contributed by atoms with van der Waals surface area (Å²) in [5, 5.41) is 15.4. The van der Waals surface area contributed by atoms with Crippen molar-refractivity contribution in [2.24, 2.45) is 16.8 Å². The topological polar surface area (TPSA) is 70.6 Å². The molecule has 4 nitrogen and oxygen atoms in total. The van der Waals surface area contributed by atoms with Crippen LogP contribution in [0.1, 0.15) is 38.2 Å². The van der Waals surface area contributed by atoms with Crippen molar-refractivity contribution < 1.29 is 5.21 Å². The lowest BCUT2D eigenvalue weighted by atomic mass is 9.98. The van der Waals surface area contributed by atoms with Gasteiger partial charge in [0, 0.05) is 6.54 Å². The minimum absolute atomic E-state index is 0.0785. The molecule has 1 aromatic rings. The molecular weight excluding hydrogens is 238 g/mol. The molecule has 0 fully saturated rings. The Balaban J connectivity index is 2.48. The third kappa shape index (κ3) is 5.75. The summed E-state index contributed by atoms with van der Waals surface area (Å²) in [4.78, 5) is 0. The predicted octanol–water partition coefficient (Wildman–Crippen LogP) is 2.54. The van der Waals surface area contributed by atoms with E-state index in [0.717, 1.165) is 24.4 Å². The molecule has 19 heavy (non-hydrogen) atoms. The van der Waals surface area contributed by atoms with E-state index in [1.54, 1.807) is 0 Å². The van der Waals surface area contributed by atoms with E-state index in [4.69, 9.17) is 10.9 Å². The molecule has 0 aliphatic heterocycles. The van der Waals surface area contributed by atoms with Crippen LogP contribution in [0.5, 0.6) is 0 Å². The maximum absolute atomic E-state index is 8.88. The molecule has 0 radical (unpaired) electrons. The fourth-order valence-corrected chi connectivity index (χ4v) is 2.03. The lowest BCUT2D eigenvalue weighted by Crippen LogP contribution is -2.32. The molecule has 0 saturated heterocycles. The van der Waals surface area contributed by atoms with E-state index < -0.39 is 0 Å². The largest absolute Gasteiger partial charge is 0.409 e. The van der Waals surface area contributed by atoms with Crippen molar-refractivity contribution in [2.45, 2.75) is 32.6 Å². The zero-order chi connectivity index (χ0) is 14.1. The smallest absolute Gasteiger partial charge is 0.147 e. The molecule has 0 bridgehead atoms. The van der Waals surface area contributed by atoms with E-state index in [1.807, 2.05) is 30.3 Å². The van der Waals surface area contributed by atoms with Crippen LogP contribution in [-0.2, 0) is 0 Å². The van der Waals surface area contributed by atoms with Crippen LogP contribution in [0.15, 0.2) is 35.5 Å². The maximum Gasteiger partial charge on any atom is 0.147 e. The minimum Gasteiger partial charge on any atom is -0.409 e. The van der Waals surface area contributed by atoms with Crippen LogP contribution in [0.2, 0.25) is 0 Å². The van der Waals surface area contributed by atoms with Crippen molar-refractivity contribution >= 4 is 5.84 Å². The Kier molecular flexibility index (Phi) is 6.97. The zero-order valence-corrected chi connectivity index (χ0v) is 11.8. The number of nitrogens with zero attached hydrogens (tertiary/aromatic N) is 1. The molecule has 0 amide bonds. The Morgan fingerprint density at radius 3 is 2.58 bits per heavy atom. The second-order valence-corrected chi connectivity index (χ2v) is 5.23. The highest BCUT2D eigenvalue weighted by molar-refractivity contribution is 5.87. The van der Waals surface area contributed by atoms with Gasteiger partial charge in [0.25, 0.3) is 0 Å². The second-order valence-electron chi connectivity index (χ2n) is 5.23. The van der Waals surface area contributed by atoms with Crippen LogP contribution in [-0.4, -0.2) is 24.1 Å². The Labute approximate surface area is 115 Å². The zero-order valence-electron chi connectivity index (χ0n) is 11.8. The normalized spacial score (nSPS) is 13.7. The van der Waals surface area contributed by atoms with Crippen LogP contribution in [0, 0.1) is 5.92 Å². The van der Waals surface area contributed by atoms with Gasteiger partial charge in [-0.1, -0.05) is 49.3 Å². The number of nitrogens with two attached hydrogens (primary N) is 1. The Morgan fingerprint density at radius 1 is 1.32 bits per heavy atom. The summed E-state index contributed by atoms with van der Waals surface area (Å²) in [6.07, 6.45) is 2.36. The number of benzene rings is 1. The minimum atomic E-state index is -0.0785. The number of hydrogen-bond acceptors (Lipinski definition) is 3. The lowest BCUT2D eigenvalue weighted by Gasteiger charge is -2.17. The van der Waals surface area contributed by atoms with Crippen LogP contribution in [0.25, 0.3) is 0 Å². The molecule has 1 unspecified atom stereocenters. The molecule has 106 valence electrons. The summed E-state index contributed by atoms with van der Waals surface area (Å²) >= 11 is 0. The second kappa shape index (κ2) is 8.53. The summed E-state index contributed by atoms with van der Waals surface area (Å²) in [5.41, 5.74) is 6.84. The first-order valence-electron chi connectivity index (χ1n) is 6.88. The molecule has 0 aliphatic carbocycles. The van der Waals surface area contributed by atoms with Crippen molar-refractivity contribution in [2.75, 3.05) is 13.1 Å². The van der Waals surface area contributed by atoms with Crippen LogP contribution >= 0.6 is 0 Å². The first kappa shape index (κ1) is 15.5. The lowest BCUT2D eigenvalue weighted by molar-refractivity contribution is 0.315. The summed E-state index contributed by atoms with van der Waals surface area (Å²) in [7, 11) is 0. The number of oxime groups is 1. The number of amidine groups is 1. The average Bonchev–Trinajstić information content (AvgIpc) is 2.42. The van der Waals surface area contributed by atoms with Gasteiger partial charge in [-0.15, -0.1) is 0 Å². The first-order chi connectivity index (χ1) is 9.15. The van der Waals surface area contributed by atoms with E-state index in [2.05, 4.69) is 24.3 Å². The highest BCUT2D eigenvalue weighted by Crippen LogP contribution is 2.14. The molecule has 0 heterocycles. The molecule has 1 aromatic carbocycles. The molecule has 0 spiro atoms. The van der Waals surface area contributed by atoms with Crippen molar-refractivity contribution in [1.29, 1.82) is 0 Å². The SMILES string of the molecule is CC(C)CCCNCC(C(N)=NO)c1ccccc1. The molecular formula is C15H25N3O. The fraction of sp³-hybridized carbons (Fsp3) is 0.533. The van der Waals surface area contributed by atoms with Gasteiger partial charge < -0.3 is 16.3 Å². The Hall–Kier alpha value is -1.55. The first-order valence-corrected chi connectivity index (χ1v) is 6.88. The molecule has 1 atom stereocenters. The van der Waals surface area contributed by atoms with Gasteiger partial charge in [0.1, 0.15) is 5.84 Å².